The average Bonchev–Trinajstić information content (AvgIpc) is 0.812. The van der Waals surface area contributed by atoms with E-state index in [2.05, 4.69) is 47.5 Å². The number of phenolic OH excluding ortho intramolecular Hbond substituents is 1. The van der Waals surface area contributed by atoms with Crippen molar-refractivity contribution in [3.8, 4) is 5.75 Å². The SMILES string of the molecule is CC[C@H](C)[C@@H]1NC(=O)[C@@H](CCCN=C(N)N)NC(=O)[C@H](CC(C)C)NC(=O)[C@H]([C@H](O)C(C)C)NC(=O)[C@@H](NC(=O)[C@H](Cc2ccc(O)cc2)NC(=O)[C@@H](N)CC2CCCCC2)[C@@H](c2ccccc2)OC(=O)[C@H](CO)NC(=O)[C@H]([C@H](O)C(N)=O)NC(=O)CNC(=O)[C@H]([C@H](C)O)NC1=O.O=C(O)C(F)(F)F.O=C(O)C(F)(F)F. The lowest BCUT2D eigenvalue weighted by Crippen LogP contribution is -2.64. The number of hydrogen-bond acceptors (Lipinski definition) is 22. The number of carbonyl (C=O) groups is 14. The van der Waals surface area contributed by atoms with Crippen LogP contribution in [0.25, 0.3) is 0 Å². The van der Waals surface area contributed by atoms with Crippen LogP contribution in [-0.4, -0.2) is 235 Å². The highest BCUT2D eigenvalue weighted by Crippen LogP contribution is 2.28. The molecular formula is C68H101F6N15O22. The van der Waals surface area contributed by atoms with Crippen LogP contribution in [0.4, 0.5) is 26.3 Å². The van der Waals surface area contributed by atoms with Crippen LogP contribution in [0.15, 0.2) is 59.6 Å². The van der Waals surface area contributed by atoms with Gasteiger partial charge in [-0.25, -0.2) is 14.4 Å². The summed E-state index contributed by atoms with van der Waals surface area (Å²) in [6, 6.07) is -5.71. The number of rotatable bonds is 23. The van der Waals surface area contributed by atoms with Gasteiger partial charge in [0, 0.05) is 13.0 Å². The number of nitrogens with zero attached hydrogens (tertiary/aromatic N) is 1. The molecule has 37 nitrogen and oxygen atoms in total. The van der Waals surface area contributed by atoms with E-state index in [4.69, 9.17) is 47.5 Å². The molecule has 0 radical (unpaired) electrons. The van der Waals surface area contributed by atoms with E-state index in [9.17, 15) is 95.0 Å². The fraction of sp³-hybridized carbons (Fsp3) is 0.603. The quantitative estimate of drug-likeness (QED) is 0.0170. The Morgan fingerprint density at radius 2 is 1.14 bits per heavy atom. The van der Waals surface area contributed by atoms with Gasteiger partial charge < -0.3 is 117 Å². The number of ether oxygens (including phenoxy) is 1. The number of nitrogens with two attached hydrogens (primary N) is 4. The van der Waals surface area contributed by atoms with Crippen LogP contribution in [0.3, 0.4) is 0 Å². The molecule has 1 aliphatic carbocycles. The maximum Gasteiger partial charge on any atom is 0.490 e. The third kappa shape index (κ3) is 33.7. The standard InChI is InChI=1S/C64H99N15O18.2C2HF3O2/c1-8-33(6)45-59(92)77-46(34(7)81)58(91)70-29-44(83)75-48(51(85)53(66)86)61(94)74-43(30-80)63(96)97-52(37-18-13-10-14-19-37)49(79-57(90)42(28-36-21-23-38(82)24-22-36)72-54(87)39(65)27-35-16-11-9-12-17-35)62(95)78-47(50(84)32(4)5)60(93)73-41(26-31(2)3)56(89)71-40(55(88)76-45)20-15-25-69-64(67)68;2*3-2(4,5)1(6)7/h10,13-14,18-19,21-24,31-35,39-43,45-52,80-82,84-85H,8-9,11-12,15-17,20,25-30,65H2,1-7H3,(H2,66,86)(H,70,91)(H,71,89)(H,72,87)(H,73,93)(H,74,94)(H,75,83)(H,76,88)(H,77,92)(H,78,95)(H,79,90)(H4,67,68,69);2*(H,6,7)/t33-,34-,39-,40+,41-,42-,43-,45-,46-,47-,48-,49-,50+,51-,52+;;/m0../s1. The van der Waals surface area contributed by atoms with Gasteiger partial charge in [0.25, 0.3) is 0 Å². The molecule has 2 fully saturated rings. The lowest BCUT2D eigenvalue weighted by molar-refractivity contribution is -0.193. The summed E-state index contributed by atoms with van der Waals surface area (Å²) >= 11 is 0. The van der Waals surface area contributed by atoms with Gasteiger partial charge >= 0.3 is 30.3 Å². The number of carboxylic acids is 2. The molecule has 1 saturated carbocycles. The number of aliphatic imine (C=N–C) groups is 1. The Morgan fingerprint density at radius 1 is 0.631 bits per heavy atom. The van der Waals surface area contributed by atoms with E-state index < -0.39 is 211 Å². The zero-order valence-electron chi connectivity index (χ0n) is 61.8. The van der Waals surface area contributed by atoms with Crippen molar-refractivity contribution in [2.24, 2.45) is 51.6 Å². The molecule has 11 amide bonds. The second-order valence-electron chi connectivity index (χ2n) is 27.0. The maximum absolute atomic E-state index is 15.6. The number of hydrogen-bond donors (Lipinski definition) is 21. The number of phenols is 1. The zero-order chi connectivity index (χ0) is 84.5. The predicted octanol–water partition coefficient (Wildman–Crippen LogP) is -3.34. The van der Waals surface area contributed by atoms with Gasteiger partial charge in [-0.1, -0.05) is 123 Å². The molecule has 0 bridgehead atoms. The first-order valence-electron chi connectivity index (χ1n) is 35.0. The van der Waals surface area contributed by atoms with Crippen molar-refractivity contribution in [3.05, 3.63) is 65.7 Å². The molecule has 2 aromatic rings. The predicted molar refractivity (Wildman–Crippen MR) is 378 cm³/mol. The number of carbonyl (C=O) groups excluding carboxylic acids is 12. The second-order valence-corrected chi connectivity index (χ2v) is 27.0. The van der Waals surface area contributed by atoms with Crippen LogP contribution in [0.2, 0.25) is 0 Å². The number of primary amides is 1. The van der Waals surface area contributed by atoms with Crippen molar-refractivity contribution in [2.45, 2.75) is 216 Å². The summed E-state index contributed by atoms with van der Waals surface area (Å²) in [4.78, 5) is 194. The Hall–Kier alpha value is -10.5. The van der Waals surface area contributed by atoms with Crippen LogP contribution < -0.4 is 76.1 Å². The van der Waals surface area contributed by atoms with Crippen molar-refractivity contribution >= 4 is 88.8 Å². The molecule has 0 unspecified atom stereocenters. The van der Waals surface area contributed by atoms with E-state index in [-0.39, 0.29) is 68.3 Å². The Morgan fingerprint density at radius 3 is 1.65 bits per heavy atom. The van der Waals surface area contributed by atoms with Gasteiger partial charge in [0.15, 0.2) is 24.2 Å². The summed E-state index contributed by atoms with van der Waals surface area (Å²) in [6.45, 7) is 8.17. The third-order valence-electron chi connectivity index (χ3n) is 17.2. The van der Waals surface area contributed by atoms with E-state index in [1.165, 1.54) is 68.4 Å². The van der Waals surface area contributed by atoms with Gasteiger partial charge in [0.05, 0.1) is 31.4 Å². The first-order valence-corrected chi connectivity index (χ1v) is 35.0. The van der Waals surface area contributed by atoms with Crippen LogP contribution in [-0.2, 0) is 78.3 Å². The Balaban J connectivity index is 0.00000271. The van der Waals surface area contributed by atoms with Crippen molar-refractivity contribution in [3.63, 3.8) is 0 Å². The number of esters is 1. The first-order chi connectivity index (χ1) is 51.6. The number of aliphatic hydroxyl groups excluding tert-OH is 4. The van der Waals surface area contributed by atoms with Gasteiger partial charge in [0.1, 0.15) is 54.1 Å². The number of nitrogens with one attached hydrogen (secondary N) is 10. The Bertz CT molecular complexity index is 3470. The van der Waals surface area contributed by atoms with Crippen molar-refractivity contribution in [1.29, 1.82) is 0 Å². The van der Waals surface area contributed by atoms with Gasteiger partial charge in [-0.05, 0) is 79.5 Å². The Labute approximate surface area is 633 Å². The molecule has 1 saturated heterocycles. The number of guanidine groups is 1. The minimum absolute atomic E-state index is 0.0344. The van der Waals surface area contributed by atoms with Crippen LogP contribution in [0, 0.1) is 23.7 Å². The third-order valence-corrected chi connectivity index (χ3v) is 17.2. The molecule has 4 rings (SSSR count). The summed E-state index contributed by atoms with van der Waals surface area (Å²) in [6.07, 6.45) is -14.1. The number of amides is 11. The van der Waals surface area contributed by atoms with Crippen LogP contribution >= 0.6 is 0 Å². The lowest BCUT2D eigenvalue weighted by atomic mass is 9.85. The molecule has 25 N–H and O–H groups in total. The van der Waals surface area contributed by atoms with Gasteiger partial charge in [-0.3, -0.25) is 57.7 Å². The number of alkyl halides is 6. The molecule has 1 heterocycles. The smallest absolute Gasteiger partial charge is 0.490 e. The molecule has 2 aliphatic rings. The largest absolute Gasteiger partial charge is 0.508 e. The highest BCUT2D eigenvalue weighted by molar-refractivity contribution is 6.00. The molecule has 1 aliphatic heterocycles. The van der Waals surface area contributed by atoms with Crippen molar-refractivity contribution in [1.82, 2.24) is 53.2 Å². The van der Waals surface area contributed by atoms with Crippen molar-refractivity contribution < 1.29 is 134 Å². The Kier molecular flexibility index (Phi) is 40.2. The summed E-state index contributed by atoms with van der Waals surface area (Å²) in [5.41, 5.74) is 23.3. The minimum Gasteiger partial charge on any atom is -0.508 e. The molecule has 0 aromatic heterocycles. The zero-order valence-corrected chi connectivity index (χ0v) is 61.8. The number of aromatic hydroxyl groups is 1. The average molecular weight is 1590 g/mol. The minimum atomic E-state index is -5.08. The summed E-state index contributed by atoms with van der Waals surface area (Å²) in [7, 11) is 0. The number of aliphatic carboxylic acids is 2. The summed E-state index contributed by atoms with van der Waals surface area (Å²) < 4.78 is 69.5. The number of benzene rings is 2. The van der Waals surface area contributed by atoms with Crippen molar-refractivity contribution in [2.75, 3.05) is 19.7 Å². The normalized spacial score (nSPS) is 23.1. The highest BCUT2D eigenvalue weighted by atomic mass is 19.4. The first kappa shape index (κ1) is 96.5. The monoisotopic (exact) mass is 1590 g/mol. The molecule has 622 valence electrons. The van der Waals surface area contributed by atoms with Gasteiger partial charge in [-0.2, -0.15) is 26.3 Å². The number of cyclic esters (lactones) is 1. The highest BCUT2D eigenvalue weighted by Gasteiger charge is 2.45. The summed E-state index contributed by atoms with van der Waals surface area (Å²) in [5.74, 6) is -22.7. The number of halogens is 6. The van der Waals surface area contributed by atoms with E-state index in [1.807, 2.05) is 10.6 Å². The van der Waals surface area contributed by atoms with Gasteiger partial charge in [-0.15, -0.1) is 0 Å². The molecule has 2 aromatic carbocycles. The fourth-order valence-corrected chi connectivity index (χ4v) is 10.9. The molecule has 15 atom stereocenters. The van der Waals surface area contributed by atoms with E-state index >= 15 is 14.4 Å². The maximum atomic E-state index is 15.6. The van der Waals surface area contributed by atoms with E-state index in [0.717, 1.165) is 39.0 Å². The fourth-order valence-electron chi connectivity index (χ4n) is 10.9. The van der Waals surface area contributed by atoms with E-state index in [1.54, 1.807) is 27.7 Å². The van der Waals surface area contributed by atoms with Gasteiger partial charge in [0.2, 0.25) is 65.0 Å². The number of aliphatic hydroxyl groups is 4. The molecule has 111 heavy (non-hydrogen) atoms. The topological polar surface area (TPSA) is 627 Å². The molecular weight excluding hydrogens is 1490 g/mol. The lowest BCUT2D eigenvalue weighted by Gasteiger charge is -2.33. The second kappa shape index (κ2) is 46.2. The summed E-state index contributed by atoms with van der Waals surface area (Å²) in [5, 5.41) is 92.9. The van der Waals surface area contributed by atoms with E-state index in [0.29, 0.717) is 5.56 Å². The van der Waals surface area contributed by atoms with Crippen LogP contribution in [0.1, 0.15) is 130 Å². The molecule has 0 spiro atoms. The van der Waals surface area contributed by atoms with Crippen LogP contribution in [0.5, 0.6) is 5.75 Å². The molecule has 43 heteroatoms. The number of carboxylic acid groups (broad SMARTS) is 2.